The summed E-state index contributed by atoms with van der Waals surface area (Å²) < 4.78 is 5.45. The van der Waals surface area contributed by atoms with Gasteiger partial charge in [0.15, 0.2) is 6.10 Å². The lowest BCUT2D eigenvalue weighted by Gasteiger charge is -2.26. The van der Waals surface area contributed by atoms with E-state index >= 15 is 0 Å². The fourth-order valence-electron chi connectivity index (χ4n) is 3.03. The molecular formula is C24H26ClN3O4S. The Bertz CT molecular complexity index is 997. The maximum atomic E-state index is 13.0. The number of nitrogens with one attached hydrogen (secondary N) is 1. The molecule has 0 bridgehead atoms. The number of halogens is 1. The second kappa shape index (κ2) is 13.5. The zero-order chi connectivity index (χ0) is 24.2. The van der Waals surface area contributed by atoms with Crippen LogP contribution in [0.2, 0.25) is 5.02 Å². The normalized spacial score (nSPS) is 12.2. The number of para-hydroxylation sites is 1. The van der Waals surface area contributed by atoms with E-state index in [0.717, 1.165) is 0 Å². The number of benzene rings is 2. The molecule has 2 unspecified atom stereocenters. The van der Waals surface area contributed by atoms with Crippen molar-refractivity contribution < 1.29 is 19.1 Å². The topological polar surface area (TPSA) is 99.5 Å². The fraction of sp³-hybridized carbons (Fsp3) is 0.333. The summed E-state index contributed by atoms with van der Waals surface area (Å²) in [7, 11) is 0. The monoisotopic (exact) mass is 487 g/mol. The lowest BCUT2D eigenvalue weighted by molar-refractivity contribution is -0.155. The van der Waals surface area contributed by atoms with Gasteiger partial charge in [-0.25, -0.2) is 4.79 Å². The van der Waals surface area contributed by atoms with Crippen LogP contribution in [0.4, 0.5) is 5.69 Å². The molecule has 0 aromatic heterocycles. The third-order valence-electron chi connectivity index (χ3n) is 4.74. The molecule has 9 heteroatoms. The highest BCUT2D eigenvalue weighted by Crippen LogP contribution is 2.18. The number of hydrogen-bond acceptors (Lipinski definition) is 6. The molecule has 2 amide bonds. The van der Waals surface area contributed by atoms with Gasteiger partial charge in [-0.3, -0.25) is 9.59 Å². The van der Waals surface area contributed by atoms with Crippen LogP contribution < -0.4 is 10.2 Å². The van der Waals surface area contributed by atoms with Crippen molar-refractivity contribution in [2.75, 3.05) is 23.5 Å². The summed E-state index contributed by atoms with van der Waals surface area (Å²) in [6.45, 7) is 1.64. The number of esters is 1. The number of thioether (sulfide) groups is 1. The molecule has 0 spiro atoms. The molecule has 0 saturated heterocycles. The van der Waals surface area contributed by atoms with E-state index in [0.29, 0.717) is 17.9 Å². The molecule has 7 nitrogen and oxygen atoms in total. The molecular weight excluding hydrogens is 462 g/mol. The van der Waals surface area contributed by atoms with Crippen LogP contribution in [0, 0.1) is 11.3 Å². The van der Waals surface area contributed by atoms with Gasteiger partial charge in [0.05, 0.1) is 23.1 Å². The van der Waals surface area contributed by atoms with Crippen LogP contribution in [-0.4, -0.2) is 48.5 Å². The van der Waals surface area contributed by atoms with Crippen LogP contribution in [0.1, 0.15) is 30.1 Å². The van der Waals surface area contributed by atoms with Crippen molar-refractivity contribution >= 4 is 46.8 Å². The number of carbonyl (C=O) groups is 3. The van der Waals surface area contributed by atoms with E-state index in [1.807, 2.05) is 18.4 Å². The predicted octanol–water partition coefficient (Wildman–Crippen LogP) is 4.07. The minimum absolute atomic E-state index is 0.130. The lowest BCUT2D eigenvalue weighted by atomic mass is 10.1. The molecule has 1 N–H and O–H groups in total. The first-order valence-electron chi connectivity index (χ1n) is 10.4. The minimum atomic E-state index is -1.11. The van der Waals surface area contributed by atoms with Crippen molar-refractivity contribution in [1.29, 1.82) is 5.26 Å². The highest BCUT2D eigenvalue weighted by Gasteiger charge is 2.29. The molecule has 0 radical (unpaired) electrons. The standard InChI is InChI=1S/C24H26ClN3O4S/c1-17(23(30)28(15-8-14-26)18-9-4-3-5-10-18)32-24(31)21(13-16-33-2)27-22(29)19-11-6-7-12-20(19)25/h3-7,9-12,17,21H,8,13,15-16H2,1-2H3,(H,27,29). The second-order valence-corrected chi connectivity index (χ2v) is 8.49. The van der Waals surface area contributed by atoms with Gasteiger partial charge in [-0.2, -0.15) is 17.0 Å². The van der Waals surface area contributed by atoms with Crippen LogP contribution in [-0.2, 0) is 14.3 Å². The molecule has 2 aromatic rings. The molecule has 0 heterocycles. The Morgan fingerprint density at radius 2 is 1.82 bits per heavy atom. The maximum Gasteiger partial charge on any atom is 0.329 e. The Labute approximate surface area is 203 Å². The molecule has 174 valence electrons. The Kier molecular flexibility index (Phi) is 10.7. The molecule has 2 atom stereocenters. The van der Waals surface area contributed by atoms with E-state index in [1.54, 1.807) is 48.5 Å². The quantitative estimate of drug-likeness (QED) is 0.479. The van der Waals surface area contributed by atoms with E-state index < -0.39 is 29.9 Å². The largest absolute Gasteiger partial charge is 0.451 e. The highest BCUT2D eigenvalue weighted by molar-refractivity contribution is 7.98. The van der Waals surface area contributed by atoms with Crippen LogP contribution >= 0.6 is 23.4 Å². The summed E-state index contributed by atoms with van der Waals surface area (Å²) in [6, 6.07) is 16.5. The van der Waals surface area contributed by atoms with Gasteiger partial charge in [0.1, 0.15) is 6.04 Å². The highest BCUT2D eigenvalue weighted by atomic mass is 35.5. The zero-order valence-corrected chi connectivity index (χ0v) is 20.1. The minimum Gasteiger partial charge on any atom is -0.451 e. The van der Waals surface area contributed by atoms with Crippen molar-refractivity contribution in [1.82, 2.24) is 5.32 Å². The van der Waals surface area contributed by atoms with Crippen LogP contribution in [0.25, 0.3) is 0 Å². The molecule has 0 aliphatic rings. The van der Waals surface area contributed by atoms with Gasteiger partial charge in [0, 0.05) is 12.2 Å². The number of carbonyl (C=O) groups excluding carboxylic acids is 3. The maximum absolute atomic E-state index is 13.0. The number of nitriles is 1. The number of ether oxygens (including phenoxy) is 1. The van der Waals surface area contributed by atoms with E-state index in [4.69, 9.17) is 21.6 Å². The average Bonchev–Trinajstić information content (AvgIpc) is 2.82. The first-order chi connectivity index (χ1) is 15.9. The molecule has 0 fully saturated rings. The Morgan fingerprint density at radius 1 is 1.15 bits per heavy atom. The number of rotatable bonds is 11. The average molecular weight is 488 g/mol. The third-order valence-corrected chi connectivity index (χ3v) is 5.71. The smallest absolute Gasteiger partial charge is 0.329 e. The van der Waals surface area contributed by atoms with Gasteiger partial charge in [-0.1, -0.05) is 41.9 Å². The summed E-state index contributed by atoms with van der Waals surface area (Å²) in [5.74, 6) is -1.06. The van der Waals surface area contributed by atoms with E-state index in [2.05, 4.69) is 5.32 Å². The van der Waals surface area contributed by atoms with Crippen molar-refractivity contribution in [2.24, 2.45) is 0 Å². The Balaban J connectivity index is 2.12. The number of amides is 2. The van der Waals surface area contributed by atoms with Gasteiger partial charge in [-0.05, 0) is 49.6 Å². The van der Waals surface area contributed by atoms with E-state index in [-0.39, 0.29) is 23.6 Å². The van der Waals surface area contributed by atoms with Crippen molar-refractivity contribution in [3.05, 3.63) is 65.2 Å². The fourth-order valence-corrected chi connectivity index (χ4v) is 3.72. The summed E-state index contributed by atoms with van der Waals surface area (Å²) in [4.78, 5) is 40.0. The van der Waals surface area contributed by atoms with Gasteiger partial charge in [0.2, 0.25) is 0 Å². The molecule has 33 heavy (non-hydrogen) atoms. The number of hydrogen-bond donors (Lipinski definition) is 1. The van der Waals surface area contributed by atoms with Crippen LogP contribution in [0.5, 0.6) is 0 Å². The Hall–Kier alpha value is -3.02. The van der Waals surface area contributed by atoms with Gasteiger partial charge >= 0.3 is 5.97 Å². The van der Waals surface area contributed by atoms with Crippen molar-refractivity contribution in [3.8, 4) is 6.07 Å². The summed E-state index contributed by atoms with van der Waals surface area (Å²) in [5.41, 5.74) is 0.851. The van der Waals surface area contributed by atoms with Gasteiger partial charge in [-0.15, -0.1) is 0 Å². The SMILES string of the molecule is CSCCC(NC(=O)c1ccccc1Cl)C(=O)OC(C)C(=O)N(CCC#N)c1ccccc1. The lowest BCUT2D eigenvalue weighted by Crippen LogP contribution is -2.46. The Morgan fingerprint density at radius 3 is 2.45 bits per heavy atom. The molecule has 0 aliphatic heterocycles. The summed E-state index contributed by atoms with van der Waals surface area (Å²) in [6.07, 6.45) is 1.24. The molecule has 0 saturated carbocycles. The molecule has 0 aliphatic carbocycles. The van der Waals surface area contributed by atoms with Crippen molar-refractivity contribution in [2.45, 2.75) is 31.9 Å². The van der Waals surface area contributed by atoms with Crippen LogP contribution in [0.3, 0.4) is 0 Å². The zero-order valence-electron chi connectivity index (χ0n) is 18.5. The summed E-state index contributed by atoms with van der Waals surface area (Å²) >= 11 is 7.61. The molecule has 2 aromatic carbocycles. The van der Waals surface area contributed by atoms with E-state index in [9.17, 15) is 14.4 Å². The van der Waals surface area contributed by atoms with Gasteiger partial charge in [0.25, 0.3) is 11.8 Å². The van der Waals surface area contributed by atoms with E-state index in [1.165, 1.54) is 23.6 Å². The number of nitrogens with zero attached hydrogens (tertiary/aromatic N) is 2. The first kappa shape index (κ1) is 26.2. The predicted molar refractivity (Wildman–Crippen MR) is 130 cm³/mol. The first-order valence-corrected chi connectivity index (χ1v) is 12.1. The van der Waals surface area contributed by atoms with Gasteiger partial charge < -0.3 is 15.0 Å². The van der Waals surface area contributed by atoms with Crippen LogP contribution in [0.15, 0.2) is 54.6 Å². The second-order valence-electron chi connectivity index (χ2n) is 7.10. The third kappa shape index (κ3) is 7.81. The molecule has 2 rings (SSSR count). The summed E-state index contributed by atoms with van der Waals surface area (Å²) in [5, 5.41) is 11.9. The number of anilines is 1. The van der Waals surface area contributed by atoms with Crippen molar-refractivity contribution in [3.63, 3.8) is 0 Å².